The Labute approximate surface area is 122 Å². The van der Waals surface area contributed by atoms with Gasteiger partial charge >= 0.3 is 0 Å². The first-order chi connectivity index (χ1) is 9.74. The number of aromatic nitrogens is 1. The molecule has 2 rings (SSSR count). The van der Waals surface area contributed by atoms with Crippen LogP contribution in [0.15, 0.2) is 24.4 Å². The summed E-state index contributed by atoms with van der Waals surface area (Å²) < 4.78 is 0. The van der Waals surface area contributed by atoms with Crippen LogP contribution in [0.2, 0.25) is 0 Å². The van der Waals surface area contributed by atoms with Crippen LogP contribution in [0, 0.1) is 6.92 Å². The highest BCUT2D eigenvalue weighted by Gasteiger charge is 2.09. The Morgan fingerprint density at radius 3 is 2.45 bits per heavy atom. The number of aldehydes is 1. The molecule has 3 nitrogen and oxygen atoms in total. The number of aromatic amines is 1. The zero-order valence-corrected chi connectivity index (χ0v) is 13.6. The van der Waals surface area contributed by atoms with Gasteiger partial charge in [0.15, 0.2) is 0 Å². The van der Waals surface area contributed by atoms with Gasteiger partial charge in [-0.15, -0.1) is 0 Å². The fourth-order valence-corrected chi connectivity index (χ4v) is 1.92. The standard InChI is InChI=1S/C13H16N2O.2C2H6/c1-9-3-4-12-10(6-11(8-16)14-2)7-15-13(12)5-9;2*1-2/h3-5,7-8,11,14-15H,6H2,1-2H3;2*1-2H3. The van der Waals surface area contributed by atoms with Crippen molar-refractivity contribution < 1.29 is 4.79 Å². The molecule has 0 aliphatic heterocycles. The summed E-state index contributed by atoms with van der Waals surface area (Å²) in [6.45, 7) is 10.1. The van der Waals surface area contributed by atoms with Gasteiger partial charge in [-0.2, -0.15) is 0 Å². The van der Waals surface area contributed by atoms with Crippen LogP contribution in [0.3, 0.4) is 0 Å². The fourth-order valence-electron chi connectivity index (χ4n) is 1.92. The Morgan fingerprint density at radius 2 is 1.90 bits per heavy atom. The number of nitrogens with one attached hydrogen (secondary N) is 2. The van der Waals surface area contributed by atoms with Crippen molar-refractivity contribution in [1.82, 2.24) is 10.3 Å². The van der Waals surface area contributed by atoms with E-state index in [2.05, 4.69) is 35.4 Å². The van der Waals surface area contributed by atoms with Gasteiger partial charge in [-0.1, -0.05) is 39.8 Å². The van der Waals surface area contributed by atoms with Gasteiger partial charge in [-0.05, 0) is 37.6 Å². The van der Waals surface area contributed by atoms with Crippen molar-refractivity contribution in [2.45, 2.75) is 47.1 Å². The molecule has 3 heteroatoms. The molecule has 0 amide bonds. The Hall–Kier alpha value is -1.61. The second-order valence-corrected chi connectivity index (χ2v) is 4.10. The van der Waals surface area contributed by atoms with Crippen molar-refractivity contribution in [1.29, 1.82) is 0 Å². The van der Waals surface area contributed by atoms with Crippen LogP contribution < -0.4 is 5.32 Å². The predicted octanol–water partition coefficient (Wildman–Crippen LogP) is 3.86. The number of fused-ring (bicyclic) bond motifs is 1. The molecule has 0 aliphatic carbocycles. The number of hydrogen-bond donors (Lipinski definition) is 2. The number of benzene rings is 1. The third kappa shape index (κ3) is 4.82. The molecule has 0 saturated carbocycles. The van der Waals surface area contributed by atoms with E-state index in [0.717, 1.165) is 18.2 Å². The molecular formula is C17H28N2O. The van der Waals surface area contributed by atoms with Crippen molar-refractivity contribution in [2.75, 3.05) is 7.05 Å². The molecule has 0 saturated heterocycles. The minimum absolute atomic E-state index is 0.111. The van der Waals surface area contributed by atoms with Crippen LogP contribution >= 0.6 is 0 Å². The first-order valence-electron chi connectivity index (χ1n) is 7.43. The molecule has 0 spiro atoms. The summed E-state index contributed by atoms with van der Waals surface area (Å²) in [5.74, 6) is 0. The summed E-state index contributed by atoms with van der Waals surface area (Å²) in [7, 11) is 1.80. The van der Waals surface area contributed by atoms with Gasteiger partial charge < -0.3 is 15.1 Å². The molecule has 0 fully saturated rings. The van der Waals surface area contributed by atoms with Crippen LogP contribution in [0.1, 0.15) is 38.8 Å². The van der Waals surface area contributed by atoms with Crippen LogP contribution in [0.4, 0.5) is 0 Å². The zero-order chi connectivity index (χ0) is 15.5. The number of H-pyrrole nitrogens is 1. The predicted molar refractivity (Wildman–Crippen MR) is 88.3 cm³/mol. The number of hydrogen-bond acceptors (Lipinski definition) is 2. The lowest BCUT2D eigenvalue weighted by molar-refractivity contribution is -0.109. The maximum Gasteiger partial charge on any atom is 0.137 e. The average molecular weight is 276 g/mol. The van der Waals surface area contributed by atoms with Crippen molar-refractivity contribution in [3.8, 4) is 0 Å². The molecule has 0 aliphatic rings. The molecule has 0 bridgehead atoms. The van der Waals surface area contributed by atoms with E-state index in [-0.39, 0.29) is 6.04 Å². The molecule has 2 aromatic rings. The quantitative estimate of drug-likeness (QED) is 0.833. The Morgan fingerprint density at radius 1 is 1.25 bits per heavy atom. The highest BCUT2D eigenvalue weighted by atomic mass is 16.1. The van der Waals surface area contributed by atoms with Crippen molar-refractivity contribution in [3.05, 3.63) is 35.5 Å². The van der Waals surface area contributed by atoms with Gasteiger partial charge in [-0.25, -0.2) is 0 Å². The third-order valence-electron chi connectivity index (χ3n) is 2.90. The molecule has 0 radical (unpaired) electrons. The maximum absolute atomic E-state index is 10.8. The van der Waals surface area contributed by atoms with E-state index in [1.807, 2.05) is 33.9 Å². The molecular weight excluding hydrogens is 248 g/mol. The van der Waals surface area contributed by atoms with Crippen molar-refractivity contribution in [3.63, 3.8) is 0 Å². The van der Waals surface area contributed by atoms with Crippen LogP contribution in [0.5, 0.6) is 0 Å². The average Bonchev–Trinajstić information content (AvgIpc) is 2.90. The normalized spacial score (nSPS) is 10.9. The summed E-state index contributed by atoms with van der Waals surface area (Å²) in [4.78, 5) is 14.0. The van der Waals surface area contributed by atoms with E-state index >= 15 is 0 Å². The largest absolute Gasteiger partial charge is 0.361 e. The third-order valence-corrected chi connectivity index (χ3v) is 2.90. The SMILES string of the molecule is CC.CC.CNC(C=O)Cc1c[nH]c2cc(C)ccc12. The zero-order valence-electron chi connectivity index (χ0n) is 13.6. The molecule has 1 atom stereocenters. The Balaban J connectivity index is 0.000000829. The Bertz CT molecular complexity index is 503. The van der Waals surface area contributed by atoms with E-state index in [0.29, 0.717) is 0 Å². The number of likely N-dealkylation sites (N-methyl/N-ethyl adjacent to an activating group) is 1. The van der Waals surface area contributed by atoms with Gasteiger partial charge in [0.2, 0.25) is 0 Å². The first-order valence-corrected chi connectivity index (χ1v) is 7.43. The van der Waals surface area contributed by atoms with Gasteiger partial charge in [-0.3, -0.25) is 0 Å². The van der Waals surface area contributed by atoms with E-state index < -0.39 is 0 Å². The summed E-state index contributed by atoms with van der Waals surface area (Å²) in [6.07, 6.45) is 3.66. The minimum atomic E-state index is -0.111. The minimum Gasteiger partial charge on any atom is -0.361 e. The smallest absolute Gasteiger partial charge is 0.137 e. The van der Waals surface area contributed by atoms with E-state index in [1.54, 1.807) is 7.05 Å². The topological polar surface area (TPSA) is 44.9 Å². The van der Waals surface area contributed by atoms with Gasteiger partial charge in [0.05, 0.1) is 6.04 Å². The van der Waals surface area contributed by atoms with Crippen LogP contribution in [-0.4, -0.2) is 24.4 Å². The summed E-state index contributed by atoms with van der Waals surface area (Å²) in [5.41, 5.74) is 3.55. The van der Waals surface area contributed by atoms with Gasteiger partial charge in [0.25, 0.3) is 0 Å². The lowest BCUT2D eigenvalue weighted by atomic mass is 10.1. The number of aryl methyl sites for hydroxylation is 1. The molecule has 1 heterocycles. The van der Waals surface area contributed by atoms with Gasteiger partial charge in [0, 0.05) is 17.1 Å². The highest BCUT2D eigenvalue weighted by Crippen LogP contribution is 2.20. The summed E-state index contributed by atoms with van der Waals surface area (Å²) in [6, 6.07) is 6.21. The second-order valence-electron chi connectivity index (χ2n) is 4.10. The maximum atomic E-state index is 10.8. The molecule has 20 heavy (non-hydrogen) atoms. The number of carbonyl (C=O) groups is 1. The van der Waals surface area contributed by atoms with Crippen molar-refractivity contribution >= 4 is 17.2 Å². The van der Waals surface area contributed by atoms with E-state index in [1.165, 1.54) is 16.5 Å². The Kier molecular flexibility index (Phi) is 9.39. The van der Waals surface area contributed by atoms with Crippen LogP contribution in [-0.2, 0) is 11.2 Å². The first kappa shape index (κ1) is 18.4. The highest BCUT2D eigenvalue weighted by molar-refractivity contribution is 5.84. The van der Waals surface area contributed by atoms with Crippen molar-refractivity contribution in [2.24, 2.45) is 0 Å². The van der Waals surface area contributed by atoms with E-state index in [4.69, 9.17) is 0 Å². The van der Waals surface area contributed by atoms with Gasteiger partial charge in [0.1, 0.15) is 6.29 Å². The number of rotatable bonds is 4. The molecule has 1 aromatic heterocycles. The van der Waals surface area contributed by atoms with E-state index in [9.17, 15) is 4.79 Å². The lowest BCUT2D eigenvalue weighted by Crippen LogP contribution is -2.28. The monoisotopic (exact) mass is 276 g/mol. The fraction of sp³-hybridized carbons (Fsp3) is 0.471. The molecule has 112 valence electrons. The summed E-state index contributed by atoms with van der Waals surface area (Å²) >= 11 is 0. The second kappa shape index (κ2) is 10.2. The summed E-state index contributed by atoms with van der Waals surface area (Å²) in [5, 5.41) is 4.19. The number of carbonyl (C=O) groups excluding carboxylic acids is 1. The molecule has 1 unspecified atom stereocenters. The van der Waals surface area contributed by atoms with Crippen LogP contribution in [0.25, 0.3) is 10.9 Å². The molecule has 2 N–H and O–H groups in total. The lowest BCUT2D eigenvalue weighted by Gasteiger charge is -2.07. The molecule has 1 aromatic carbocycles.